The first-order chi connectivity index (χ1) is 11.0. The first-order valence-electron chi connectivity index (χ1n) is 6.57. The Labute approximate surface area is 133 Å². The second-order valence-corrected chi connectivity index (χ2v) is 4.54. The van der Waals surface area contributed by atoms with Gasteiger partial charge in [0.15, 0.2) is 5.69 Å². The predicted molar refractivity (Wildman–Crippen MR) is 85.9 cm³/mol. The van der Waals surface area contributed by atoms with Crippen LogP contribution >= 0.6 is 0 Å². The first-order valence-corrected chi connectivity index (χ1v) is 6.57. The zero-order valence-electron chi connectivity index (χ0n) is 12.5. The number of terminal acetylenes is 1. The van der Waals surface area contributed by atoms with Crippen LogP contribution in [0.1, 0.15) is 16.1 Å². The summed E-state index contributed by atoms with van der Waals surface area (Å²) < 4.78 is 0. The Morgan fingerprint density at radius 1 is 1.22 bits per heavy atom. The highest BCUT2D eigenvalue weighted by Crippen LogP contribution is 2.25. The number of pyridine rings is 1. The lowest BCUT2D eigenvalue weighted by atomic mass is 10.0. The van der Waals surface area contributed by atoms with E-state index in [1.165, 1.54) is 12.3 Å². The number of carboxylic acids is 1. The molecule has 2 rings (SSSR count). The van der Waals surface area contributed by atoms with Crippen molar-refractivity contribution in [1.29, 1.82) is 0 Å². The molecule has 3 N–H and O–H groups in total. The summed E-state index contributed by atoms with van der Waals surface area (Å²) in [5.41, 5.74) is 2.41. The van der Waals surface area contributed by atoms with Gasteiger partial charge >= 0.3 is 5.97 Å². The number of hydrogen-bond acceptors (Lipinski definition) is 4. The van der Waals surface area contributed by atoms with Gasteiger partial charge in [-0.25, -0.2) is 4.98 Å². The summed E-state index contributed by atoms with van der Waals surface area (Å²) in [6, 6.07) is 9.06. The number of carbonyl (C=O) groups excluding carboxylic acids is 1. The van der Waals surface area contributed by atoms with E-state index in [1.54, 1.807) is 0 Å². The molecule has 0 aliphatic carbocycles. The third kappa shape index (κ3) is 4.86. The first kappa shape index (κ1) is 17.7. The van der Waals surface area contributed by atoms with Crippen LogP contribution in [-0.2, 0) is 4.79 Å². The van der Waals surface area contributed by atoms with Gasteiger partial charge < -0.3 is 15.5 Å². The van der Waals surface area contributed by atoms with E-state index in [1.807, 2.05) is 31.2 Å². The Morgan fingerprint density at radius 3 is 2.48 bits per heavy atom. The summed E-state index contributed by atoms with van der Waals surface area (Å²) in [7, 11) is 0. The summed E-state index contributed by atoms with van der Waals surface area (Å²) in [5, 5.41) is 20.5. The molecule has 0 aliphatic heterocycles. The molecule has 1 amide bonds. The number of carboxylic acid groups (broad SMARTS) is 1. The van der Waals surface area contributed by atoms with Crippen LogP contribution in [0.2, 0.25) is 0 Å². The number of hydrogen-bond donors (Lipinski definition) is 3. The van der Waals surface area contributed by atoms with E-state index in [-0.39, 0.29) is 11.4 Å². The van der Waals surface area contributed by atoms with Crippen LogP contribution in [0.5, 0.6) is 5.75 Å². The highest BCUT2D eigenvalue weighted by Gasteiger charge is 2.14. The van der Waals surface area contributed by atoms with Crippen LogP contribution < -0.4 is 5.32 Å². The summed E-state index contributed by atoms with van der Waals surface area (Å²) in [5.74, 6) is -2.19. The molecule has 118 valence electrons. The van der Waals surface area contributed by atoms with Crippen LogP contribution in [0, 0.1) is 19.8 Å². The Morgan fingerprint density at radius 2 is 1.91 bits per heavy atom. The van der Waals surface area contributed by atoms with Crippen molar-refractivity contribution in [2.24, 2.45) is 0 Å². The maximum atomic E-state index is 11.7. The van der Waals surface area contributed by atoms with E-state index >= 15 is 0 Å². The van der Waals surface area contributed by atoms with Crippen molar-refractivity contribution in [2.45, 2.75) is 6.92 Å². The lowest BCUT2D eigenvalue weighted by Crippen LogP contribution is -2.29. The Balaban J connectivity index is 0.00000127. The standard InChI is InChI=1S/C15H14N2O4.C2H2/c1-9-3-2-4-10(5-9)11-6-12(18)14(16-7-11)15(21)17-8-13(19)20;1-2/h2-7,18H,8H2,1H3,(H,17,21)(H,19,20);1-2H. The van der Waals surface area contributed by atoms with Gasteiger partial charge in [-0.2, -0.15) is 0 Å². The van der Waals surface area contributed by atoms with E-state index < -0.39 is 18.4 Å². The summed E-state index contributed by atoms with van der Waals surface area (Å²) in [6.45, 7) is 1.42. The molecule has 6 nitrogen and oxygen atoms in total. The number of carbonyl (C=O) groups is 2. The summed E-state index contributed by atoms with van der Waals surface area (Å²) in [6.07, 6.45) is 9.46. The minimum atomic E-state index is -1.17. The van der Waals surface area contributed by atoms with Crippen LogP contribution in [0.4, 0.5) is 0 Å². The molecule has 0 radical (unpaired) electrons. The Hall–Kier alpha value is -3.33. The summed E-state index contributed by atoms with van der Waals surface area (Å²) >= 11 is 0. The van der Waals surface area contributed by atoms with Gasteiger partial charge in [-0.3, -0.25) is 9.59 Å². The molecule has 0 aliphatic rings. The molecule has 1 aromatic heterocycles. The lowest BCUT2D eigenvalue weighted by molar-refractivity contribution is -0.135. The van der Waals surface area contributed by atoms with Gasteiger partial charge in [0.05, 0.1) is 0 Å². The van der Waals surface area contributed by atoms with Gasteiger partial charge in [0, 0.05) is 11.8 Å². The topological polar surface area (TPSA) is 99.5 Å². The number of amides is 1. The zero-order chi connectivity index (χ0) is 17.4. The van der Waals surface area contributed by atoms with E-state index in [0.29, 0.717) is 5.56 Å². The van der Waals surface area contributed by atoms with Gasteiger partial charge in [-0.1, -0.05) is 29.8 Å². The van der Waals surface area contributed by atoms with Crippen molar-refractivity contribution in [3.05, 3.63) is 47.8 Å². The number of aryl methyl sites for hydroxylation is 1. The van der Waals surface area contributed by atoms with Crippen molar-refractivity contribution in [3.63, 3.8) is 0 Å². The number of aromatic hydroxyl groups is 1. The molecule has 0 fully saturated rings. The fourth-order valence-corrected chi connectivity index (χ4v) is 1.85. The number of rotatable bonds is 4. The number of aliphatic carboxylic acids is 1. The minimum Gasteiger partial charge on any atom is -0.505 e. The van der Waals surface area contributed by atoms with Crippen LogP contribution in [0.3, 0.4) is 0 Å². The molecule has 2 aromatic rings. The zero-order valence-corrected chi connectivity index (χ0v) is 12.5. The molecule has 0 bridgehead atoms. The predicted octanol–water partition coefficient (Wildman–Crippen LogP) is 1.83. The average molecular weight is 312 g/mol. The molecule has 6 heteroatoms. The van der Waals surface area contributed by atoms with Crippen molar-refractivity contribution >= 4 is 11.9 Å². The molecule has 1 aromatic carbocycles. The molecule has 0 saturated heterocycles. The molecule has 0 unspecified atom stereocenters. The molecule has 23 heavy (non-hydrogen) atoms. The second kappa shape index (κ2) is 8.20. The lowest BCUT2D eigenvalue weighted by Gasteiger charge is -2.07. The van der Waals surface area contributed by atoms with Crippen LogP contribution in [0.25, 0.3) is 11.1 Å². The van der Waals surface area contributed by atoms with Gasteiger partial charge in [-0.15, -0.1) is 12.8 Å². The van der Waals surface area contributed by atoms with Crippen LogP contribution in [-0.4, -0.2) is 33.6 Å². The van der Waals surface area contributed by atoms with Crippen molar-refractivity contribution in [3.8, 4) is 29.7 Å². The number of nitrogens with zero attached hydrogens (tertiary/aromatic N) is 1. The average Bonchev–Trinajstić information content (AvgIpc) is 2.54. The monoisotopic (exact) mass is 312 g/mol. The van der Waals surface area contributed by atoms with E-state index in [2.05, 4.69) is 23.1 Å². The van der Waals surface area contributed by atoms with Gasteiger partial charge in [-0.05, 0) is 18.6 Å². The third-order valence-corrected chi connectivity index (χ3v) is 2.83. The van der Waals surface area contributed by atoms with Crippen LogP contribution in [0.15, 0.2) is 36.5 Å². The molecule has 1 heterocycles. The van der Waals surface area contributed by atoms with E-state index in [4.69, 9.17) is 5.11 Å². The Bertz CT molecular complexity index is 738. The highest BCUT2D eigenvalue weighted by atomic mass is 16.4. The number of benzene rings is 1. The maximum Gasteiger partial charge on any atom is 0.322 e. The molecular formula is C17H16N2O4. The second-order valence-electron chi connectivity index (χ2n) is 4.54. The molecule has 0 saturated carbocycles. The highest BCUT2D eigenvalue weighted by molar-refractivity contribution is 5.96. The minimum absolute atomic E-state index is 0.201. The largest absolute Gasteiger partial charge is 0.505 e. The van der Waals surface area contributed by atoms with Gasteiger partial charge in [0.2, 0.25) is 0 Å². The molecular weight excluding hydrogens is 296 g/mol. The van der Waals surface area contributed by atoms with Gasteiger partial charge in [0.25, 0.3) is 5.91 Å². The van der Waals surface area contributed by atoms with Crippen molar-refractivity contribution in [2.75, 3.05) is 6.54 Å². The third-order valence-electron chi connectivity index (χ3n) is 2.83. The smallest absolute Gasteiger partial charge is 0.322 e. The quantitative estimate of drug-likeness (QED) is 0.748. The molecule has 0 atom stereocenters. The van der Waals surface area contributed by atoms with Crippen molar-refractivity contribution in [1.82, 2.24) is 10.3 Å². The summed E-state index contributed by atoms with van der Waals surface area (Å²) in [4.78, 5) is 26.0. The number of aromatic nitrogens is 1. The maximum absolute atomic E-state index is 11.7. The fourth-order valence-electron chi connectivity index (χ4n) is 1.85. The van der Waals surface area contributed by atoms with E-state index in [9.17, 15) is 14.7 Å². The molecule has 0 spiro atoms. The SMILES string of the molecule is C#C.Cc1cccc(-c2cnc(C(=O)NCC(=O)O)c(O)c2)c1. The Kier molecular flexibility index (Phi) is 6.31. The normalized spacial score (nSPS) is 9.35. The van der Waals surface area contributed by atoms with Gasteiger partial charge in [0.1, 0.15) is 12.3 Å². The van der Waals surface area contributed by atoms with Crippen molar-refractivity contribution < 1.29 is 19.8 Å². The number of nitrogens with one attached hydrogen (secondary N) is 1. The van der Waals surface area contributed by atoms with E-state index in [0.717, 1.165) is 11.1 Å². The fraction of sp³-hybridized carbons (Fsp3) is 0.118.